The molecule has 5 nitrogen and oxygen atoms in total. The fourth-order valence-electron chi connectivity index (χ4n) is 8.85. The summed E-state index contributed by atoms with van der Waals surface area (Å²) in [4.78, 5) is 0. The van der Waals surface area contributed by atoms with Gasteiger partial charge in [-0.3, -0.25) is 0 Å². The summed E-state index contributed by atoms with van der Waals surface area (Å²) in [6, 6.07) is 65.7. The van der Waals surface area contributed by atoms with Gasteiger partial charge in [-0.2, -0.15) is 10.5 Å². The van der Waals surface area contributed by atoms with Crippen molar-refractivity contribution in [3.05, 3.63) is 187 Å². The number of hydrogen-bond donors (Lipinski definition) is 0. The standard InChI is InChI=1S/C50H29N5/c51-30-32-22-25-46(55-42-18-8-4-14-37(42)38-15-5-9-19-43(38)55)41(28-32)36-24-23-35(29-33(36)31-52)54-45-21-11-7-17-40(45)50-48(54)27-26-47-49(50)39-16-6-10-20-44(39)53(47)34-12-2-1-3-13-34/h1-29H. The van der Waals surface area contributed by atoms with Crippen molar-refractivity contribution in [2.24, 2.45) is 0 Å². The lowest BCUT2D eigenvalue weighted by atomic mass is 9.96. The fourth-order valence-corrected chi connectivity index (χ4v) is 8.85. The van der Waals surface area contributed by atoms with Crippen LogP contribution in [-0.4, -0.2) is 13.7 Å². The van der Waals surface area contributed by atoms with Gasteiger partial charge >= 0.3 is 0 Å². The van der Waals surface area contributed by atoms with E-state index in [1.54, 1.807) is 0 Å². The van der Waals surface area contributed by atoms with Crippen LogP contribution in [0.15, 0.2) is 176 Å². The minimum Gasteiger partial charge on any atom is -0.309 e. The number of aromatic nitrogens is 3. The molecule has 5 heteroatoms. The molecule has 3 aromatic heterocycles. The normalized spacial score (nSPS) is 11.6. The van der Waals surface area contributed by atoms with E-state index in [0.717, 1.165) is 77.4 Å². The van der Waals surface area contributed by atoms with Crippen LogP contribution in [0.1, 0.15) is 11.1 Å². The van der Waals surface area contributed by atoms with Gasteiger partial charge in [0.25, 0.3) is 0 Å². The summed E-state index contributed by atoms with van der Waals surface area (Å²) in [6.07, 6.45) is 0. The maximum atomic E-state index is 10.9. The van der Waals surface area contributed by atoms with Gasteiger partial charge in [-0.15, -0.1) is 0 Å². The maximum absolute atomic E-state index is 10.9. The van der Waals surface area contributed by atoms with E-state index in [9.17, 15) is 10.5 Å². The second-order valence-corrected chi connectivity index (χ2v) is 13.9. The Morgan fingerprint density at radius 1 is 0.345 bits per heavy atom. The van der Waals surface area contributed by atoms with Gasteiger partial charge < -0.3 is 13.7 Å². The van der Waals surface area contributed by atoms with Gasteiger partial charge in [0.15, 0.2) is 0 Å². The van der Waals surface area contributed by atoms with Gasteiger partial charge in [0.05, 0.1) is 62.1 Å². The molecule has 0 spiro atoms. The molecular weight excluding hydrogens is 671 g/mol. The minimum atomic E-state index is 0.530. The first-order chi connectivity index (χ1) is 27.2. The second kappa shape index (κ2) is 11.8. The molecule has 0 aliphatic rings. The number of nitriles is 2. The van der Waals surface area contributed by atoms with E-state index in [-0.39, 0.29) is 0 Å². The third-order valence-corrected chi connectivity index (χ3v) is 11.1. The molecule has 0 aliphatic heterocycles. The fraction of sp³-hybridized carbons (Fsp3) is 0. The molecule has 0 fully saturated rings. The van der Waals surface area contributed by atoms with Gasteiger partial charge in [-0.05, 0) is 78.9 Å². The van der Waals surface area contributed by atoms with Crippen LogP contribution in [0.4, 0.5) is 0 Å². The average molecular weight is 700 g/mol. The van der Waals surface area contributed by atoms with E-state index in [2.05, 4.69) is 171 Å². The third kappa shape index (κ3) is 4.39. The molecule has 0 N–H and O–H groups in total. The van der Waals surface area contributed by atoms with Crippen molar-refractivity contribution >= 4 is 65.4 Å². The van der Waals surface area contributed by atoms with Gasteiger partial charge in [-0.1, -0.05) is 97.1 Å². The topological polar surface area (TPSA) is 62.4 Å². The quantitative estimate of drug-likeness (QED) is 0.184. The first-order valence-corrected chi connectivity index (χ1v) is 18.3. The van der Waals surface area contributed by atoms with Gasteiger partial charge in [0.1, 0.15) is 0 Å². The molecule has 0 saturated carbocycles. The maximum Gasteiger partial charge on any atom is 0.0998 e. The summed E-state index contributed by atoms with van der Waals surface area (Å²) in [5.41, 5.74) is 12.2. The van der Waals surface area contributed by atoms with Crippen LogP contribution in [0.3, 0.4) is 0 Å². The molecule has 0 atom stereocenters. The molecule has 11 rings (SSSR count). The second-order valence-electron chi connectivity index (χ2n) is 13.9. The highest BCUT2D eigenvalue weighted by Gasteiger charge is 2.22. The van der Waals surface area contributed by atoms with Crippen LogP contribution in [0, 0.1) is 22.7 Å². The van der Waals surface area contributed by atoms with E-state index in [1.807, 2.05) is 30.3 Å². The number of para-hydroxylation sites is 5. The SMILES string of the molecule is N#Cc1ccc(-n2c3ccccc3c3ccccc32)c(-c2ccc(-n3c4ccccc4c4c5c6ccccc6n(-c6ccccc6)c5ccc43)cc2C#N)c1. The highest BCUT2D eigenvalue weighted by Crippen LogP contribution is 2.43. The highest BCUT2D eigenvalue weighted by molar-refractivity contribution is 6.29. The summed E-state index contributed by atoms with van der Waals surface area (Å²) >= 11 is 0. The van der Waals surface area contributed by atoms with Gasteiger partial charge in [0.2, 0.25) is 0 Å². The zero-order chi connectivity index (χ0) is 36.6. The van der Waals surface area contributed by atoms with Gasteiger partial charge in [0, 0.05) is 54.8 Å². The van der Waals surface area contributed by atoms with Crippen molar-refractivity contribution in [1.82, 2.24) is 13.7 Å². The van der Waals surface area contributed by atoms with E-state index in [0.29, 0.717) is 11.1 Å². The van der Waals surface area contributed by atoms with Crippen LogP contribution in [0.25, 0.3) is 93.6 Å². The Bertz CT molecular complexity index is 3400. The Balaban J connectivity index is 1.17. The molecule has 8 aromatic carbocycles. The summed E-state index contributed by atoms with van der Waals surface area (Å²) in [5, 5.41) is 27.9. The van der Waals surface area contributed by atoms with Crippen LogP contribution in [0.5, 0.6) is 0 Å². The molecule has 0 amide bonds. The molecular formula is C50H29N5. The highest BCUT2D eigenvalue weighted by atomic mass is 15.0. The van der Waals surface area contributed by atoms with Crippen molar-refractivity contribution < 1.29 is 0 Å². The number of fused-ring (bicyclic) bond motifs is 10. The summed E-state index contributed by atoms with van der Waals surface area (Å²) in [7, 11) is 0. The monoisotopic (exact) mass is 699 g/mol. The summed E-state index contributed by atoms with van der Waals surface area (Å²) < 4.78 is 6.88. The van der Waals surface area contributed by atoms with E-state index < -0.39 is 0 Å². The largest absolute Gasteiger partial charge is 0.309 e. The zero-order valence-corrected chi connectivity index (χ0v) is 29.5. The van der Waals surface area contributed by atoms with Crippen LogP contribution in [0.2, 0.25) is 0 Å². The van der Waals surface area contributed by atoms with Crippen LogP contribution in [-0.2, 0) is 0 Å². The molecule has 55 heavy (non-hydrogen) atoms. The predicted octanol–water partition coefficient (Wildman–Crippen LogP) is 12.4. The van der Waals surface area contributed by atoms with E-state index in [1.165, 1.54) is 16.2 Å². The number of rotatable bonds is 4. The Labute approximate surface area is 316 Å². The predicted molar refractivity (Wildman–Crippen MR) is 224 cm³/mol. The lowest BCUT2D eigenvalue weighted by Crippen LogP contribution is -2.00. The average Bonchev–Trinajstić information content (AvgIpc) is 3.89. The molecule has 11 aromatic rings. The first-order valence-electron chi connectivity index (χ1n) is 18.3. The van der Waals surface area contributed by atoms with Crippen molar-refractivity contribution in [1.29, 1.82) is 10.5 Å². The lowest BCUT2D eigenvalue weighted by molar-refractivity contribution is 1.16. The molecule has 254 valence electrons. The molecule has 0 saturated heterocycles. The molecule has 0 radical (unpaired) electrons. The van der Waals surface area contributed by atoms with Crippen molar-refractivity contribution in [2.75, 3.05) is 0 Å². The Morgan fingerprint density at radius 3 is 1.42 bits per heavy atom. The number of nitrogens with zero attached hydrogens (tertiary/aromatic N) is 5. The lowest BCUT2D eigenvalue weighted by Gasteiger charge is -2.17. The summed E-state index contributed by atoms with van der Waals surface area (Å²) in [6.45, 7) is 0. The molecule has 0 bridgehead atoms. The number of benzene rings is 8. The van der Waals surface area contributed by atoms with Crippen LogP contribution < -0.4 is 0 Å². The first kappa shape index (κ1) is 30.7. The molecule has 0 aliphatic carbocycles. The Hall–Kier alpha value is -7.86. The van der Waals surface area contributed by atoms with E-state index >= 15 is 0 Å². The minimum absolute atomic E-state index is 0.530. The van der Waals surface area contributed by atoms with E-state index in [4.69, 9.17) is 0 Å². The third-order valence-electron chi connectivity index (χ3n) is 11.1. The molecule has 3 heterocycles. The molecule has 0 unspecified atom stereocenters. The Morgan fingerprint density at radius 2 is 0.855 bits per heavy atom. The van der Waals surface area contributed by atoms with Crippen molar-refractivity contribution in [3.8, 4) is 40.3 Å². The van der Waals surface area contributed by atoms with Gasteiger partial charge in [-0.25, -0.2) is 0 Å². The smallest absolute Gasteiger partial charge is 0.0998 e. The van der Waals surface area contributed by atoms with Crippen LogP contribution >= 0.6 is 0 Å². The van der Waals surface area contributed by atoms with Crippen molar-refractivity contribution in [3.63, 3.8) is 0 Å². The summed E-state index contributed by atoms with van der Waals surface area (Å²) in [5.74, 6) is 0. The number of hydrogen-bond acceptors (Lipinski definition) is 2. The zero-order valence-electron chi connectivity index (χ0n) is 29.5. The van der Waals surface area contributed by atoms with Crippen molar-refractivity contribution in [2.45, 2.75) is 0 Å². The Kier molecular flexibility index (Phi) is 6.61.